The fourth-order valence-corrected chi connectivity index (χ4v) is 3.61. The minimum absolute atomic E-state index is 0.0587. The van der Waals surface area contributed by atoms with Crippen LogP contribution in [-0.2, 0) is 27.4 Å². The van der Waals surface area contributed by atoms with E-state index in [1.807, 2.05) is 36.4 Å². The second-order valence-corrected chi connectivity index (χ2v) is 7.42. The van der Waals surface area contributed by atoms with Crippen LogP contribution < -0.4 is 5.32 Å². The lowest BCUT2D eigenvalue weighted by Crippen LogP contribution is -2.39. The average Bonchev–Trinajstić information content (AvgIpc) is 3.47. The summed E-state index contributed by atoms with van der Waals surface area (Å²) in [5.74, 6) is -0.545. The van der Waals surface area contributed by atoms with Crippen LogP contribution in [0.3, 0.4) is 0 Å². The third kappa shape index (κ3) is 5.12. The fourth-order valence-electron chi connectivity index (χ4n) is 3.61. The Kier molecular flexibility index (Phi) is 6.54. The molecular formula is C25H23N3O5. The topological polar surface area (TPSA) is 93.8 Å². The van der Waals surface area contributed by atoms with Crippen LogP contribution in [0.15, 0.2) is 83.6 Å². The minimum Gasteiger partial charge on any atom is -0.467 e. The molecule has 4 aromatic rings. The Morgan fingerprint density at radius 2 is 1.76 bits per heavy atom. The second-order valence-electron chi connectivity index (χ2n) is 7.42. The van der Waals surface area contributed by atoms with Crippen molar-refractivity contribution in [2.75, 3.05) is 19.0 Å². The summed E-state index contributed by atoms with van der Waals surface area (Å²) in [5.41, 5.74) is 1.74. The Hall–Kier alpha value is -4.33. The number of benzene rings is 2. The number of para-hydroxylation sites is 2. The Morgan fingerprint density at radius 3 is 2.48 bits per heavy atom. The smallest absolute Gasteiger partial charge is 0.340 e. The number of furan rings is 1. The molecule has 0 aliphatic carbocycles. The van der Waals surface area contributed by atoms with E-state index in [0.29, 0.717) is 22.4 Å². The summed E-state index contributed by atoms with van der Waals surface area (Å²) in [6, 6.07) is 19.8. The van der Waals surface area contributed by atoms with Gasteiger partial charge in [0.05, 0.1) is 25.5 Å². The fraction of sp³-hybridized carbons (Fsp3) is 0.160. The van der Waals surface area contributed by atoms with Crippen molar-refractivity contribution >= 4 is 34.4 Å². The van der Waals surface area contributed by atoms with Gasteiger partial charge in [-0.3, -0.25) is 9.59 Å². The van der Waals surface area contributed by atoms with E-state index in [9.17, 15) is 14.4 Å². The lowest BCUT2D eigenvalue weighted by Gasteiger charge is -2.22. The number of carbonyl (C=O) groups is 3. The van der Waals surface area contributed by atoms with Crippen molar-refractivity contribution in [1.82, 2.24) is 9.47 Å². The molecule has 168 valence electrons. The van der Waals surface area contributed by atoms with Gasteiger partial charge < -0.3 is 23.9 Å². The van der Waals surface area contributed by atoms with E-state index in [4.69, 9.17) is 9.15 Å². The zero-order valence-electron chi connectivity index (χ0n) is 18.1. The van der Waals surface area contributed by atoms with E-state index in [-0.39, 0.29) is 31.4 Å². The maximum atomic E-state index is 13.3. The lowest BCUT2D eigenvalue weighted by molar-refractivity contribution is -0.136. The summed E-state index contributed by atoms with van der Waals surface area (Å²) in [7, 11) is 1.32. The van der Waals surface area contributed by atoms with E-state index < -0.39 is 5.97 Å². The Bertz CT molecular complexity index is 1260. The molecule has 0 bridgehead atoms. The quantitative estimate of drug-likeness (QED) is 0.418. The number of nitrogens with zero attached hydrogens (tertiary/aromatic N) is 2. The molecule has 2 aromatic heterocycles. The maximum absolute atomic E-state index is 13.3. The van der Waals surface area contributed by atoms with E-state index in [1.54, 1.807) is 41.1 Å². The van der Waals surface area contributed by atoms with Crippen LogP contribution in [0.5, 0.6) is 0 Å². The minimum atomic E-state index is -0.480. The number of amides is 2. The predicted molar refractivity (Wildman–Crippen MR) is 122 cm³/mol. The lowest BCUT2D eigenvalue weighted by atomic mass is 10.2. The summed E-state index contributed by atoms with van der Waals surface area (Å²) in [4.78, 5) is 39.6. The molecule has 0 spiro atoms. The number of anilines is 1. The summed E-state index contributed by atoms with van der Waals surface area (Å²) in [6.45, 7) is -0.0780. The highest BCUT2D eigenvalue weighted by Crippen LogP contribution is 2.22. The van der Waals surface area contributed by atoms with Gasteiger partial charge in [-0.1, -0.05) is 36.4 Å². The van der Waals surface area contributed by atoms with Crippen LogP contribution in [0.25, 0.3) is 10.9 Å². The van der Waals surface area contributed by atoms with Crippen molar-refractivity contribution in [2.45, 2.75) is 13.1 Å². The van der Waals surface area contributed by atoms with Gasteiger partial charge >= 0.3 is 5.97 Å². The van der Waals surface area contributed by atoms with Crippen molar-refractivity contribution in [1.29, 1.82) is 0 Å². The molecule has 0 saturated carbocycles. The van der Waals surface area contributed by atoms with E-state index in [1.165, 1.54) is 18.3 Å². The summed E-state index contributed by atoms with van der Waals surface area (Å²) < 4.78 is 12.0. The first-order valence-electron chi connectivity index (χ1n) is 10.4. The van der Waals surface area contributed by atoms with Gasteiger partial charge in [0.2, 0.25) is 11.8 Å². The normalized spacial score (nSPS) is 10.7. The van der Waals surface area contributed by atoms with Crippen molar-refractivity contribution < 1.29 is 23.5 Å². The van der Waals surface area contributed by atoms with Crippen molar-refractivity contribution in [3.05, 3.63) is 90.5 Å². The number of hydrogen-bond acceptors (Lipinski definition) is 5. The molecule has 0 fully saturated rings. The molecule has 2 heterocycles. The number of rotatable bonds is 8. The van der Waals surface area contributed by atoms with E-state index >= 15 is 0 Å². The van der Waals surface area contributed by atoms with Crippen LogP contribution in [0.1, 0.15) is 16.1 Å². The number of aromatic nitrogens is 1. The molecule has 33 heavy (non-hydrogen) atoms. The first-order chi connectivity index (χ1) is 16.0. The molecule has 0 aliphatic rings. The monoisotopic (exact) mass is 445 g/mol. The standard InChI is InChI=1S/C25H23N3O5/c1-32-25(31)21-15-27(22-12-6-5-11-20(21)22)17-24(30)28(14-19-10-7-13-33-19)16-23(29)26-18-8-3-2-4-9-18/h2-13,15H,14,16-17H2,1H3,(H,26,29). The third-order valence-electron chi connectivity index (χ3n) is 5.17. The summed E-state index contributed by atoms with van der Waals surface area (Å²) >= 11 is 0. The molecule has 0 radical (unpaired) electrons. The van der Waals surface area contributed by atoms with Crippen LogP contribution in [0.4, 0.5) is 5.69 Å². The molecule has 0 aliphatic heterocycles. The third-order valence-corrected chi connectivity index (χ3v) is 5.17. The number of carbonyl (C=O) groups excluding carboxylic acids is 3. The number of hydrogen-bond donors (Lipinski definition) is 1. The summed E-state index contributed by atoms with van der Waals surface area (Å²) in [5, 5.41) is 3.49. The first-order valence-corrected chi connectivity index (χ1v) is 10.4. The Morgan fingerprint density at radius 1 is 1.00 bits per heavy atom. The van der Waals surface area contributed by atoms with E-state index in [0.717, 1.165) is 5.52 Å². The van der Waals surface area contributed by atoms with Gasteiger partial charge in [-0.25, -0.2) is 4.79 Å². The van der Waals surface area contributed by atoms with Gasteiger partial charge in [-0.05, 0) is 30.3 Å². The Labute approximate surface area is 190 Å². The highest BCUT2D eigenvalue weighted by molar-refractivity contribution is 6.04. The molecule has 0 atom stereocenters. The second kappa shape index (κ2) is 9.86. The molecule has 2 amide bonds. The van der Waals surface area contributed by atoms with Gasteiger partial charge in [-0.15, -0.1) is 0 Å². The van der Waals surface area contributed by atoms with Crippen molar-refractivity contribution in [3.63, 3.8) is 0 Å². The molecule has 8 nitrogen and oxygen atoms in total. The number of methoxy groups -OCH3 is 1. The molecule has 8 heteroatoms. The van der Waals surface area contributed by atoms with Gasteiger partial charge in [0.1, 0.15) is 18.8 Å². The van der Waals surface area contributed by atoms with Gasteiger partial charge in [0.25, 0.3) is 0 Å². The van der Waals surface area contributed by atoms with Gasteiger partial charge in [0.15, 0.2) is 0 Å². The molecule has 4 rings (SSSR count). The Balaban J connectivity index is 1.56. The molecule has 0 saturated heterocycles. The van der Waals surface area contributed by atoms with Crippen LogP contribution >= 0.6 is 0 Å². The highest BCUT2D eigenvalue weighted by atomic mass is 16.5. The summed E-state index contributed by atoms with van der Waals surface area (Å²) in [6.07, 6.45) is 3.12. The molecule has 2 aromatic carbocycles. The van der Waals surface area contributed by atoms with Crippen LogP contribution in [0, 0.1) is 0 Å². The average molecular weight is 445 g/mol. The van der Waals surface area contributed by atoms with Crippen LogP contribution in [0.2, 0.25) is 0 Å². The zero-order chi connectivity index (χ0) is 23.2. The number of ether oxygens (including phenoxy) is 1. The maximum Gasteiger partial charge on any atom is 0.340 e. The molecule has 1 N–H and O–H groups in total. The van der Waals surface area contributed by atoms with Crippen molar-refractivity contribution in [3.8, 4) is 0 Å². The van der Waals surface area contributed by atoms with Crippen LogP contribution in [-0.4, -0.2) is 40.9 Å². The molecule has 0 unspecified atom stereocenters. The number of fused-ring (bicyclic) bond motifs is 1. The largest absolute Gasteiger partial charge is 0.467 e. The van der Waals surface area contributed by atoms with Gasteiger partial charge in [0, 0.05) is 22.8 Å². The highest BCUT2D eigenvalue weighted by Gasteiger charge is 2.22. The van der Waals surface area contributed by atoms with E-state index in [2.05, 4.69) is 5.32 Å². The number of esters is 1. The molecular weight excluding hydrogens is 422 g/mol. The number of nitrogens with one attached hydrogen (secondary N) is 1. The predicted octanol–water partition coefficient (Wildman–Crippen LogP) is 3.69. The van der Waals surface area contributed by atoms with Crippen molar-refractivity contribution in [2.24, 2.45) is 0 Å². The van der Waals surface area contributed by atoms with Gasteiger partial charge in [-0.2, -0.15) is 0 Å². The first kappa shape index (κ1) is 21.9. The SMILES string of the molecule is COC(=O)c1cn(CC(=O)N(CC(=O)Nc2ccccc2)Cc2ccco2)c2ccccc12. The zero-order valence-corrected chi connectivity index (χ0v) is 18.1.